The molecule has 2 aromatic rings. The number of hydrogen-bond donors (Lipinski definition) is 1. The Hall–Kier alpha value is -1.47. The Morgan fingerprint density at radius 3 is 2.36 bits per heavy atom. The molecule has 22 heavy (non-hydrogen) atoms. The summed E-state index contributed by atoms with van der Waals surface area (Å²) in [6.45, 7) is 1.91. The van der Waals surface area contributed by atoms with Gasteiger partial charge in [-0.25, -0.2) is 0 Å². The van der Waals surface area contributed by atoms with Crippen molar-refractivity contribution in [2.75, 3.05) is 19.5 Å². The molecule has 0 aliphatic heterocycles. The van der Waals surface area contributed by atoms with Crippen LogP contribution in [0.5, 0.6) is 11.5 Å². The number of anilines is 1. The van der Waals surface area contributed by atoms with Crippen LogP contribution in [0.3, 0.4) is 0 Å². The number of aryl methyl sites for hydroxylation is 1. The number of methoxy groups -OCH3 is 2. The predicted molar refractivity (Wildman–Crippen MR) is 96.4 cm³/mol. The van der Waals surface area contributed by atoms with E-state index in [0.29, 0.717) is 27.8 Å². The van der Waals surface area contributed by atoms with Gasteiger partial charge in [0.25, 0.3) is 5.91 Å². The summed E-state index contributed by atoms with van der Waals surface area (Å²) in [4.78, 5) is 12.4. The molecule has 4 nitrogen and oxygen atoms in total. The van der Waals surface area contributed by atoms with Gasteiger partial charge in [-0.15, -0.1) is 0 Å². The Labute approximate surface area is 147 Å². The zero-order chi connectivity index (χ0) is 16.3. The van der Waals surface area contributed by atoms with Crippen LogP contribution in [0.4, 0.5) is 5.69 Å². The number of amides is 1. The highest BCUT2D eigenvalue weighted by Crippen LogP contribution is 2.31. The van der Waals surface area contributed by atoms with Crippen molar-refractivity contribution in [1.29, 1.82) is 0 Å². The highest BCUT2D eigenvalue weighted by atomic mass is 127. The monoisotopic (exact) mass is 431 g/mol. The van der Waals surface area contributed by atoms with Crippen molar-refractivity contribution in [2.45, 2.75) is 6.92 Å². The number of ether oxygens (including phenoxy) is 2. The molecule has 0 aliphatic carbocycles. The second kappa shape index (κ2) is 7.19. The first-order valence-corrected chi connectivity index (χ1v) is 7.91. The van der Waals surface area contributed by atoms with E-state index in [1.807, 2.05) is 19.1 Å². The van der Waals surface area contributed by atoms with Crippen LogP contribution in [-0.4, -0.2) is 20.1 Å². The summed E-state index contributed by atoms with van der Waals surface area (Å²) in [5.41, 5.74) is 2.11. The molecule has 0 spiro atoms. The third-order valence-electron chi connectivity index (χ3n) is 3.15. The molecule has 0 radical (unpaired) electrons. The van der Waals surface area contributed by atoms with E-state index in [9.17, 15) is 4.79 Å². The van der Waals surface area contributed by atoms with Gasteiger partial charge in [0.15, 0.2) is 11.5 Å². The van der Waals surface area contributed by atoms with Crippen LogP contribution < -0.4 is 14.8 Å². The summed E-state index contributed by atoms with van der Waals surface area (Å²) in [7, 11) is 3.09. The highest BCUT2D eigenvalue weighted by molar-refractivity contribution is 14.1. The molecule has 0 aliphatic rings. The molecule has 0 unspecified atom stereocenters. The summed E-state index contributed by atoms with van der Waals surface area (Å²) in [5.74, 6) is 0.863. The van der Waals surface area contributed by atoms with Gasteiger partial charge in [0.2, 0.25) is 0 Å². The smallest absolute Gasteiger partial charge is 0.256 e. The van der Waals surface area contributed by atoms with Gasteiger partial charge in [-0.1, -0.05) is 17.7 Å². The maximum Gasteiger partial charge on any atom is 0.256 e. The molecular weight excluding hydrogens is 417 g/mol. The van der Waals surface area contributed by atoms with Crippen molar-refractivity contribution in [1.82, 2.24) is 0 Å². The average molecular weight is 432 g/mol. The lowest BCUT2D eigenvalue weighted by Crippen LogP contribution is -2.14. The van der Waals surface area contributed by atoms with Gasteiger partial charge in [-0.3, -0.25) is 4.79 Å². The van der Waals surface area contributed by atoms with Crippen LogP contribution >= 0.6 is 34.2 Å². The zero-order valence-corrected chi connectivity index (χ0v) is 15.3. The Kier molecular flexibility index (Phi) is 5.52. The number of carbonyl (C=O) groups excluding carboxylic acids is 1. The van der Waals surface area contributed by atoms with Crippen molar-refractivity contribution in [2.24, 2.45) is 0 Å². The van der Waals surface area contributed by atoms with Crippen LogP contribution in [0.15, 0.2) is 30.3 Å². The van der Waals surface area contributed by atoms with E-state index in [0.717, 1.165) is 9.13 Å². The van der Waals surface area contributed by atoms with Gasteiger partial charge >= 0.3 is 0 Å². The van der Waals surface area contributed by atoms with Crippen molar-refractivity contribution < 1.29 is 14.3 Å². The van der Waals surface area contributed by atoms with Crippen LogP contribution in [0.1, 0.15) is 15.9 Å². The highest BCUT2D eigenvalue weighted by Gasteiger charge is 2.16. The first kappa shape index (κ1) is 16.9. The Morgan fingerprint density at radius 2 is 1.77 bits per heavy atom. The van der Waals surface area contributed by atoms with Gasteiger partial charge in [0.05, 0.1) is 19.8 Å². The molecule has 1 N–H and O–H groups in total. The third kappa shape index (κ3) is 3.64. The molecule has 0 heterocycles. The Morgan fingerprint density at radius 1 is 1.14 bits per heavy atom. The molecule has 0 fully saturated rings. The Balaban J connectivity index is 2.31. The SMILES string of the molecule is COc1cc(I)c(C(=O)Nc2ccc(C)c(Cl)c2)cc1OC. The normalized spacial score (nSPS) is 10.2. The van der Waals surface area contributed by atoms with Crippen molar-refractivity contribution in [3.8, 4) is 11.5 Å². The minimum atomic E-state index is -0.231. The summed E-state index contributed by atoms with van der Waals surface area (Å²) >= 11 is 8.16. The van der Waals surface area contributed by atoms with Gasteiger partial charge in [-0.2, -0.15) is 0 Å². The van der Waals surface area contributed by atoms with Crippen LogP contribution in [0.25, 0.3) is 0 Å². The standard InChI is InChI=1S/C16H15ClINO3/c1-9-4-5-10(6-12(9)17)19-16(20)11-7-14(21-2)15(22-3)8-13(11)18/h4-8H,1-3H3,(H,19,20). The van der Waals surface area contributed by atoms with E-state index in [1.165, 1.54) is 7.11 Å². The van der Waals surface area contributed by atoms with Crippen molar-refractivity contribution in [3.63, 3.8) is 0 Å². The number of nitrogens with one attached hydrogen (secondary N) is 1. The second-order valence-corrected chi connectivity index (χ2v) is 6.17. The van der Waals surface area contributed by atoms with E-state index < -0.39 is 0 Å². The largest absolute Gasteiger partial charge is 0.493 e. The number of halogens is 2. The predicted octanol–water partition coefficient (Wildman–Crippen LogP) is 4.52. The van der Waals surface area contributed by atoms with Gasteiger partial charge in [0, 0.05) is 14.3 Å². The average Bonchev–Trinajstić information content (AvgIpc) is 2.50. The summed E-state index contributed by atoms with van der Waals surface area (Å²) in [6.07, 6.45) is 0. The molecule has 0 atom stereocenters. The zero-order valence-electron chi connectivity index (χ0n) is 12.4. The van der Waals surface area contributed by atoms with Crippen molar-refractivity contribution in [3.05, 3.63) is 50.1 Å². The molecule has 0 saturated carbocycles. The van der Waals surface area contributed by atoms with E-state index in [1.54, 1.807) is 25.3 Å². The first-order valence-electron chi connectivity index (χ1n) is 6.45. The van der Waals surface area contributed by atoms with Crippen LogP contribution in [0.2, 0.25) is 5.02 Å². The fourth-order valence-corrected chi connectivity index (χ4v) is 2.76. The summed E-state index contributed by atoms with van der Waals surface area (Å²) in [5, 5.41) is 3.44. The second-order valence-electron chi connectivity index (χ2n) is 4.61. The molecule has 2 aromatic carbocycles. The van der Waals surface area contributed by atoms with E-state index in [2.05, 4.69) is 27.9 Å². The van der Waals surface area contributed by atoms with E-state index >= 15 is 0 Å². The molecular formula is C16H15ClINO3. The fourth-order valence-electron chi connectivity index (χ4n) is 1.90. The number of benzene rings is 2. The third-order valence-corrected chi connectivity index (χ3v) is 4.45. The number of rotatable bonds is 4. The van der Waals surface area contributed by atoms with Crippen LogP contribution in [-0.2, 0) is 0 Å². The first-order chi connectivity index (χ1) is 10.5. The summed E-state index contributed by atoms with van der Waals surface area (Å²) in [6, 6.07) is 8.81. The molecule has 0 aromatic heterocycles. The molecule has 1 amide bonds. The fraction of sp³-hybridized carbons (Fsp3) is 0.188. The molecule has 0 saturated heterocycles. The minimum absolute atomic E-state index is 0.231. The quantitative estimate of drug-likeness (QED) is 0.724. The van der Waals surface area contributed by atoms with E-state index in [4.69, 9.17) is 21.1 Å². The Bertz CT molecular complexity index is 719. The minimum Gasteiger partial charge on any atom is -0.493 e. The maximum absolute atomic E-state index is 12.4. The molecule has 6 heteroatoms. The number of hydrogen-bond acceptors (Lipinski definition) is 3. The van der Waals surface area contributed by atoms with Gasteiger partial charge < -0.3 is 14.8 Å². The van der Waals surface area contributed by atoms with Crippen molar-refractivity contribution >= 4 is 45.8 Å². The summed E-state index contributed by atoms with van der Waals surface area (Å²) < 4.78 is 11.2. The number of carbonyl (C=O) groups is 1. The molecule has 2 rings (SSSR count). The lowest BCUT2D eigenvalue weighted by atomic mass is 10.1. The van der Waals surface area contributed by atoms with Gasteiger partial charge in [-0.05, 0) is 59.3 Å². The lowest BCUT2D eigenvalue weighted by Gasteiger charge is -2.12. The maximum atomic E-state index is 12.4. The lowest BCUT2D eigenvalue weighted by molar-refractivity contribution is 0.102. The molecule has 116 valence electrons. The molecule has 0 bridgehead atoms. The van der Waals surface area contributed by atoms with Gasteiger partial charge in [0.1, 0.15) is 0 Å². The van der Waals surface area contributed by atoms with E-state index in [-0.39, 0.29) is 5.91 Å². The topological polar surface area (TPSA) is 47.6 Å². The van der Waals surface area contributed by atoms with Crippen LogP contribution in [0, 0.1) is 10.5 Å².